The molecule has 0 spiro atoms. The SMILES string of the molecule is Cc1ccc(SC2=C(Nc3ccc(C)c(Cl)c3)C(=O)N(Cc3ccc(Cl)cc3)C2=O)cc1. The lowest BCUT2D eigenvalue weighted by Crippen LogP contribution is -2.31. The molecular weight excluding hydrogens is 463 g/mol. The molecule has 0 saturated heterocycles. The average Bonchev–Trinajstić information content (AvgIpc) is 2.98. The van der Waals surface area contributed by atoms with Crippen LogP contribution in [0.1, 0.15) is 16.7 Å². The summed E-state index contributed by atoms with van der Waals surface area (Å²) in [6.07, 6.45) is 0. The number of amides is 2. The van der Waals surface area contributed by atoms with Gasteiger partial charge in [-0.2, -0.15) is 0 Å². The van der Waals surface area contributed by atoms with Gasteiger partial charge in [-0.3, -0.25) is 14.5 Å². The highest BCUT2D eigenvalue weighted by molar-refractivity contribution is 8.04. The molecule has 4 nitrogen and oxygen atoms in total. The van der Waals surface area contributed by atoms with E-state index in [1.807, 2.05) is 50.2 Å². The van der Waals surface area contributed by atoms with E-state index in [0.29, 0.717) is 20.6 Å². The zero-order valence-corrected chi connectivity index (χ0v) is 19.8. The van der Waals surface area contributed by atoms with Gasteiger partial charge >= 0.3 is 0 Å². The van der Waals surface area contributed by atoms with E-state index in [1.54, 1.807) is 30.3 Å². The Morgan fingerprint density at radius 1 is 0.875 bits per heavy atom. The summed E-state index contributed by atoms with van der Waals surface area (Å²) in [6, 6.07) is 20.4. The lowest BCUT2D eigenvalue weighted by molar-refractivity contribution is -0.137. The second kappa shape index (κ2) is 9.41. The van der Waals surface area contributed by atoms with Crippen molar-refractivity contribution in [3.05, 3.63) is 104 Å². The van der Waals surface area contributed by atoms with Crippen LogP contribution in [-0.4, -0.2) is 16.7 Å². The van der Waals surface area contributed by atoms with Crippen LogP contribution in [0.5, 0.6) is 0 Å². The zero-order valence-electron chi connectivity index (χ0n) is 17.5. The van der Waals surface area contributed by atoms with E-state index in [-0.39, 0.29) is 24.1 Å². The Balaban J connectivity index is 1.68. The van der Waals surface area contributed by atoms with Gasteiger partial charge in [0, 0.05) is 20.6 Å². The normalized spacial score (nSPS) is 13.8. The van der Waals surface area contributed by atoms with E-state index in [4.69, 9.17) is 23.2 Å². The van der Waals surface area contributed by atoms with Gasteiger partial charge < -0.3 is 5.32 Å². The van der Waals surface area contributed by atoms with Gasteiger partial charge in [0.15, 0.2) is 0 Å². The first-order valence-electron chi connectivity index (χ1n) is 9.94. The molecule has 1 aliphatic rings. The molecule has 1 heterocycles. The van der Waals surface area contributed by atoms with Crippen molar-refractivity contribution < 1.29 is 9.59 Å². The van der Waals surface area contributed by atoms with Crippen LogP contribution >= 0.6 is 35.0 Å². The molecule has 7 heteroatoms. The highest BCUT2D eigenvalue weighted by Gasteiger charge is 2.39. The van der Waals surface area contributed by atoms with Crippen molar-refractivity contribution in [3.8, 4) is 0 Å². The van der Waals surface area contributed by atoms with Gasteiger partial charge in [-0.05, 0) is 61.4 Å². The summed E-state index contributed by atoms with van der Waals surface area (Å²) in [5.41, 5.74) is 3.75. The van der Waals surface area contributed by atoms with Crippen molar-refractivity contribution in [1.82, 2.24) is 4.90 Å². The number of hydrogen-bond acceptors (Lipinski definition) is 4. The predicted molar refractivity (Wildman–Crippen MR) is 131 cm³/mol. The molecule has 1 N–H and O–H groups in total. The zero-order chi connectivity index (χ0) is 22.8. The van der Waals surface area contributed by atoms with Crippen molar-refractivity contribution in [2.75, 3.05) is 5.32 Å². The monoisotopic (exact) mass is 482 g/mol. The van der Waals surface area contributed by atoms with Crippen LogP contribution in [0.3, 0.4) is 0 Å². The fourth-order valence-corrected chi connectivity index (χ4v) is 4.47. The highest BCUT2D eigenvalue weighted by Crippen LogP contribution is 2.37. The van der Waals surface area contributed by atoms with E-state index in [1.165, 1.54) is 16.7 Å². The molecule has 32 heavy (non-hydrogen) atoms. The van der Waals surface area contributed by atoms with Crippen LogP contribution < -0.4 is 5.32 Å². The van der Waals surface area contributed by atoms with Gasteiger partial charge in [-0.15, -0.1) is 0 Å². The Hall–Kier alpha value is -2.73. The van der Waals surface area contributed by atoms with Crippen LogP contribution in [0.15, 0.2) is 82.2 Å². The Kier molecular flexibility index (Phi) is 6.60. The van der Waals surface area contributed by atoms with Crippen molar-refractivity contribution in [2.45, 2.75) is 25.3 Å². The minimum atomic E-state index is -0.378. The molecule has 3 aromatic rings. The number of halogens is 2. The largest absolute Gasteiger partial charge is 0.350 e. The van der Waals surface area contributed by atoms with E-state index in [9.17, 15) is 9.59 Å². The molecule has 0 bridgehead atoms. The maximum Gasteiger partial charge on any atom is 0.278 e. The minimum absolute atomic E-state index is 0.159. The lowest BCUT2D eigenvalue weighted by Gasteiger charge is -2.15. The first-order valence-corrected chi connectivity index (χ1v) is 11.5. The van der Waals surface area contributed by atoms with Crippen molar-refractivity contribution in [3.63, 3.8) is 0 Å². The molecule has 0 radical (unpaired) electrons. The third-order valence-electron chi connectivity index (χ3n) is 5.06. The smallest absolute Gasteiger partial charge is 0.278 e. The number of hydrogen-bond donors (Lipinski definition) is 1. The third-order valence-corrected chi connectivity index (χ3v) is 6.81. The Morgan fingerprint density at radius 3 is 2.22 bits per heavy atom. The number of carbonyl (C=O) groups is 2. The number of thioether (sulfide) groups is 1. The molecule has 162 valence electrons. The number of rotatable bonds is 6. The summed E-state index contributed by atoms with van der Waals surface area (Å²) < 4.78 is 0. The Bertz CT molecular complexity index is 1220. The Morgan fingerprint density at radius 2 is 1.56 bits per heavy atom. The number of nitrogens with one attached hydrogen (secondary N) is 1. The molecule has 4 rings (SSSR count). The van der Waals surface area contributed by atoms with Crippen molar-refractivity contribution >= 4 is 52.5 Å². The predicted octanol–water partition coefficient (Wildman–Crippen LogP) is 6.60. The van der Waals surface area contributed by atoms with Crippen LogP contribution in [0, 0.1) is 13.8 Å². The summed E-state index contributed by atoms with van der Waals surface area (Å²) in [4.78, 5) is 29.1. The van der Waals surface area contributed by atoms with Gasteiger partial charge in [-0.1, -0.05) is 70.9 Å². The first kappa shape index (κ1) is 22.5. The minimum Gasteiger partial charge on any atom is -0.350 e. The second-order valence-electron chi connectivity index (χ2n) is 7.53. The molecule has 0 atom stereocenters. The molecule has 2 amide bonds. The molecular formula is C25H20Cl2N2O2S. The van der Waals surface area contributed by atoms with Crippen LogP contribution in [-0.2, 0) is 16.1 Å². The van der Waals surface area contributed by atoms with Crippen LogP contribution in [0.25, 0.3) is 0 Å². The third kappa shape index (κ3) is 4.85. The van der Waals surface area contributed by atoms with Crippen molar-refractivity contribution in [2.24, 2.45) is 0 Å². The number of anilines is 1. The fraction of sp³-hybridized carbons (Fsp3) is 0.120. The number of carbonyl (C=O) groups excluding carboxylic acids is 2. The van der Waals surface area contributed by atoms with Gasteiger partial charge in [0.2, 0.25) is 0 Å². The summed E-state index contributed by atoms with van der Waals surface area (Å²) in [5.74, 6) is -0.715. The average molecular weight is 483 g/mol. The van der Waals surface area contributed by atoms with E-state index in [0.717, 1.165) is 21.6 Å². The molecule has 0 aromatic heterocycles. The summed E-state index contributed by atoms with van der Waals surface area (Å²) >= 11 is 13.5. The molecule has 0 aliphatic carbocycles. The molecule has 0 fully saturated rings. The number of aryl methyl sites for hydroxylation is 2. The molecule has 1 aliphatic heterocycles. The Labute approximate surface area is 201 Å². The maximum absolute atomic E-state index is 13.3. The lowest BCUT2D eigenvalue weighted by atomic mass is 10.2. The fourth-order valence-electron chi connectivity index (χ4n) is 3.21. The summed E-state index contributed by atoms with van der Waals surface area (Å²) in [7, 11) is 0. The van der Waals surface area contributed by atoms with Crippen LogP contribution in [0.2, 0.25) is 10.0 Å². The van der Waals surface area contributed by atoms with E-state index in [2.05, 4.69) is 5.32 Å². The summed E-state index contributed by atoms with van der Waals surface area (Å²) in [6.45, 7) is 4.06. The highest BCUT2D eigenvalue weighted by atomic mass is 35.5. The molecule has 3 aromatic carbocycles. The summed E-state index contributed by atoms with van der Waals surface area (Å²) in [5, 5.41) is 4.32. The van der Waals surface area contributed by atoms with E-state index >= 15 is 0 Å². The van der Waals surface area contributed by atoms with Gasteiger partial charge in [0.05, 0.1) is 6.54 Å². The van der Waals surface area contributed by atoms with Crippen molar-refractivity contribution in [1.29, 1.82) is 0 Å². The van der Waals surface area contributed by atoms with Gasteiger partial charge in [0.1, 0.15) is 10.6 Å². The molecule has 0 saturated carbocycles. The standard InChI is InChI=1S/C25H20Cl2N2O2S/c1-15-3-11-20(12-4-15)32-23-22(28-19-10-5-16(2)21(27)13-19)24(30)29(25(23)31)14-17-6-8-18(26)9-7-17/h3-13,28H,14H2,1-2H3. The van der Waals surface area contributed by atoms with Gasteiger partial charge in [0.25, 0.3) is 11.8 Å². The van der Waals surface area contributed by atoms with Crippen LogP contribution in [0.4, 0.5) is 5.69 Å². The second-order valence-corrected chi connectivity index (χ2v) is 9.46. The maximum atomic E-state index is 13.3. The number of benzene rings is 3. The molecule has 0 unspecified atom stereocenters. The topological polar surface area (TPSA) is 49.4 Å². The van der Waals surface area contributed by atoms with E-state index < -0.39 is 0 Å². The number of imide groups is 1. The number of nitrogens with zero attached hydrogens (tertiary/aromatic N) is 1. The first-order chi connectivity index (χ1) is 15.3. The quantitative estimate of drug-likeness (QED) is 0.402. The van der Waals surface area contributed by atoms with Gasteiger partial charge in [-0.25, -0.2) is 0 Å².